The minimum Gasteiger partial charge on any atom is -0.497 e. The van der Waals surface area contributed by atoms with Crippen LogP contribution in [-0.4, -0.2) is 55.7 Å². The summed E-state index contributed by atoms with van der Waals surface area (Å²) in [6, 6.07) is 7.63. The second-order valence-corrected chi connectivity index (χ2v) is 6.10. The summed E-state index contributed by atoms with van der Waals surface area (Å²) in [6.07, 6.45) is 1.67. The summed E-state index contributed by atoms with van der Waals surface area (Å²) in [5.41, 5.74) is 1.09. The third kappa shape index (κ3) is 4.43. The number of hydrogen-bond donors (Lipinski definition) is 2. The molecule has 2 fully saturated rings. The number of nitrogens with one attached hydrogen (secondary N) is 1. The predicted molar refractivity (Wildman–Crippen MR) is 83.3 cm³/mol. The predicted octanol–water partition coefficient (Wildman–Crippen LogP) is 0.661. The molecule has 3 rings (SSSR count). The fourth-order valence-electron chi connectivity index (χ4n) is 2.74. The first-order chi connectivity index (χ1) is 11.2. The topological polar surface area (TPSA) is 77.0 Å². The van der Waals surface area contributed by atoms with E-state index >= 15 is 0 Å². The third-order valence-corrected chi connectivity index (χ3v) is 4.21. The molecular formula is C17H23NO5. The Labute approximate surface area is 135 Å². The van der Waals surface area contributed by atoms with Gasteiger partial charge in [-0.2, -0.15) is 0 Å². The molecule has 0 spiro atoms. The fraction of sp³-hybridized carbons (Fsp3) is 0.588. The first-order valence-electron chi connectivity index (χ1n) is 8.01. The van der Waals surface area contributed by atoms with Crippen LogP contribution in [-0.2, 0) is 20.7 Å². The lowest BCUT2D eigenvalue weighted by Crippen LogP contribution is -2.39. The maximum atomic E-state index is 11.9. The molecule has 3 atom stereocenters. The molecular weight excluding hydrogens is 298 g/mol. The van der Waals surface area contributed by atoms with E-state index in [0.29, 0.717) is 13.0 Å². The van der Waals surface area contributed by atoms with Crippen LogP contribution in [0.2, 0.25) is 0 Å². The third-order valence-electron chi connectivity index (χ3n) is 4.21. The quantitative estimate of drug-likeness (QED) is 0.719. The minimum absolute atomic E-state index is 0.0385. The van der Waals surface area contributed by atoms with E-state index in [1.165, 1.54) is 0 Å². The molecule has 1 saturated carbocycles. The lowest BCUT2D eigenvalue weighted by molar-refractivity contribution is -0.159. The van der Waals surface area contributed by atoms with Crippen molar-refractivity contribution in [1.29, 1.82) is 0 Å². The molecule has 0 aromatic heterocycles. The molecule has 23 heavy (non-hydrogen) atoms. The van der Waals surface area contributed by atoms with Crippen LogP contribution in [0.15, 0.2) is 24.3 Å². The van der Waals surface area contributed by atoms with E-state index in [0.717, 1.165) is 24.2 Å². The Morgan fingerprint density at radius 1 is 1.30 bits per heavy atom. The number of ether oxygens (including phenoxy) is 3. The van der Waals surface area contributed by atoms with Crippen LogP contribution in [0.3, 0.4) is 0 Å². The van der Waals surface area contributed by atoms with Gasteiger partial charge in [0.2, 0.25) is 0 Å². The van der Waals surface area contributed by atoms with Gasteiger partial charge in [-0.25, -0.2) is 4.79 Å². The normalized spacial score (nSPS) is 27.0. The second kappa shape index (κ2) is 7.29. The number of hydrogen-bond acceptors (Lipinski definition) is 6. The Bertz CT molecular complexity index is 528. The number of carbonyl (C=O) groups excluding carboxylic acids is 1. The minimum atomic E-state index is -0.692. The molecule has 6 nitrogen and oxygen atoms in total. The second-order valence-electron chi connectivity index (χ2n) is 6.10. The molecule has 1 aliphatic carbocycles. The molecule has 2 aliphatic rings. The van der Waals surface area contributed by atoms with Crippen molar-refractivity contribution in [3.05, 3.63) is 29.8 Å². The molecule has 1 saturated heterocycles. The van der Waals surface area contributed by atoms with E-state index in [-0.39, 0.29) is 18.8 Å². The van der Waals surface area contributed by atoms with E-state index in [1.54, 1.807) is 7.11 Å². The number of carbonyl (C=O) groups is 1. The molecule has 1 aliphatic heterocycles. The smallest absolute Gasteiger partial charge is 0.332 e. The molecule has 0 unspecified atom stereocenters. The van der Waals surface area contributed by atoms with Crippen molar-refractivity contribution in [2.45, 2.75) is 43.6 Å². The van der Waals surface area contributed by atoms with Gasteiger partial charge in [0, 0.05) is 6.54 Å². The van der Waals surface area contributed by atoms with Crippen LogP contribution in [0.4, 0.5) is 0 Å². The van der Waals surface area contributed by atoms with Crippen molar-refractivity contribution in [3.63, 3.8) is 0 Å². The Morgan fingerprint density at radius 2 is 2.04 bits per heavy atom. The molecule has 1 aromatic rings. The number of rotatable bonds is 7. The number of aliphatic hydroxyl groups is 1. The van der Waals surface area contributed by atoms with Crippen LogP contribution in [0.1, 0.15) is 18.4 Å². The summed E-state index contributed by atoms with van der Waals surface area (Å²) in [5.74, 6) is 0.387. The van der Waals surface area contributed by atoms with E-state index < -0.39 is 18.2 Å². The van der Waals surface area contributed by atoms with Crippen molar-refractivity contribution in [1.82, 2.24) is 5.32 Å². The molecule has 126 valence electrons. The van der Waals surface area contributed by atoms with Crippen LogP contribution in [0, 0.1) is 0 Å². The highest BCUT2D eigenvalue weighted by molar-refractivity contribution is 5.71. The summed E-state index contributed by atoms with van der Waals surface area (Å²) in [4.78, 5) is 11.9. The van der Waals surface area contributed by atoms with Gasteiger partial charge >= 0.3 is 5.97 Å². The number of β-amino-alcohol motifs (C(OH)–C–C–N with tert-alkyl or cyclic N) is 1. The SMILES string of the molecule is COc1ccc(C[C@H]2NC[C@H](O)[C@H]2OC(=O)COC2CC2)cc1. The van der Waals surface area contributed by atoms with Gasteiger partial charge in [0.1, 0.15) is 24.6 Å². The molecule has 0 bridgehead atoms. The zero-order valence-electron chi connectivity index (χ0n) is 13.2. The van der Waals surface area contributed by atoms with E-state index in [1.807, 2.05) is 24.3 Å². The zero-order chi connectivity index (χ0) is 16.2. The number of aliphatic hydroxyl groups excluding tert-OH is 1. The molecule has 2 N–H and O–H groups in total. The van der Waals surface area contributed by atoms with E-state index in [4.69, 9.17) is 14.2 Å². The van der Waals surface area contributed by atoms with Gasteiger partial charge in [0.05, 0.1) is 19.3 Å². The largest absolute Gasteiger partial charge is 0.497 e. The Morgan fingerprint density at radius 3 is 2.70 bits per heavy atom. The van der Waals surface area contributed by atoms with Gasteiger partial charge in [0.15, 0.2) is 0 Å². The summed E-state index contributed by atoms with van der Waals surface area (Å²) >= 11 is 0. The van der Waals surface area contributed by atoms with Gasteiger partial charge in [0.25, 0.3) is 0 Å². The van der Waals surface area contributed by atoms with Crippen molar-refractivity contribution in [2.75, 3.05) is 20.3 Å². The first-order valence-corrected chi connectivity index (χ1v) is 8.01. The van der Waals surface area contributed by atoms with Crippen molar-refractivity contribution in [2.24, 2.45) is 0 Å². The highest BCUT2D eigenvalue weighted by Gasteiger charge is 2.38. The average molecular weight is 321 g/mol. The summed E-state index contributed by atoms with van der Waals surface area (Å²) in [7, 11) is 1.63. The lowest BCUT2D eigenvalue weighted by Gasteiger charge is -2.22. The first kappa shape index (κ1) is 16.2. The monoisotopic (exact) mass is 321 g/mol. The van der Waals surface area contributed by atoms with Crippen LogP contribution < -0.4 is 10.1 Å². The summed E-state index contributed by atoms with van der Waals surface area (Å²) < 4.78 is 15.9. The molecule has 0 amide bonds. The number of methoxy groups -OCH3 is 1. The highest BCUT2D eigenvalue weighted by atomic mass is 16.6. The van der Waals surface area contributed by atoms with Gasteiger partial charge in [-0.3, -0.25) is 0 Å². The van der Waals surface area contributed by atoms with Gasteiger partial charge in [-0.05, 0) is 37.0 Å². The van der Waals surface area contributed by atoms with Crippen molar-refractivity contribution >= 4 is 5.97 Å². The Balaban J connectivity index is 1.54. The average Bonchev–Trinajstić information content (AvgIpc) is 3.34. The molecule has 6 heteroatoms. The fourth-order valence-corrected chi connectivity index (χ4v) is 2.74. The van der Waals surface area contributed by atoms with Gasteiger partial charge in [-0.1, -0.05) is 12.1 Å². The van der Waals surface area contributed by atoms with E-state index in [2.05, 4.69) is 5.32 Å². The maximum absolute atomic E-state index is 11.9. The molecule has 1 heterocycles. The maximum Gasteiger partial charge on any atom is 0.332 e. The van der Waals surface area contributed by atoms with E-state index in [9.17, 15) is 9.90 Å². The van der Waals surface area contributed by atoms with Gasteiger partial charge in [-0.15, -0.1) is 0 Å². The summed E-state index contributed by atoms with van der Waals surface area (Å²) in [5, 5.41) is 13.3. The lowest BCUT2D eigenvalue weighted by atomic mass is 10.0. The highest BCUT2D eigenvalue weighted by Crippen LogP contribution is 2.24. The van der Waals surface area contributed by atoms with Crippen LogP contribution in [0.25, 0.3) is 0 Å². The zero-order valence-corrected chi connectivity index (χ0v) is 13.2. The Kier molecular flexibility index (Phi) is 5.15. The molecule has 0 radical (unpaired) electrons. The summed E-state index contributed by atoms with van der Waals surface area (Å²) in [6.45, 7) is 0.380. The standard InChI is InChI=1S/C17H23NO5/c1-21-12-4-2-11(3-5-12)8-14-17(15(19)9-18-14)23-16(20)10-22-13-6-7-13/h2-5,13-15,17-19H,6-10H2,1H3/t14-,15+,17+/m1/s1. The van der Waals surface area contributed by atoms with Crippen molar-refractivity contribution in [3.8, 4) is 5.75 Å². The Hall–Kier alpha value is -1.63. The number of esters is 1. The molecule has 1 aromatic carbocycles. The van der Waals surface area contributed by atoms with Crippen LogP contribution in [0.5, 0.6) is 5.75 Å². The van der Waals surface area contributed by atoms with Gasteiger partial charge < -0.3 is 24.6 Å². The number of benzene rings is 1. The van der Waals surface area contributed by atoms with Crippen molar-refractivity contribution < 1.29 is 24.1 Å². The van der Waals surface area contributed by atoms with Crippen LogP contribution >= 0.6 is 0 Å².